The van der Waals surface area contributed by atoms with Gasteiger partial charge in [-0.2, -0.15) is 0 Å². The molecule has 0 bridgehead atoms. The van der Waals surface area contributed by atoms with Gasteiger partial charge >= 0.3 is 5.69 Å². The molecule has 10 nitrogen and oxygen atoms in total. The van der Waals surface area contributed by atoms with Crippen LogP contribution in [0.3, 0.4) is 0 Å². The predicted molar refractivity (Wildman–Crippen MR) is 109 cm³/mol. The lowest BCUT2D eigenvalue weighted by Crippen LogP contribution is -2.41. The first kappa shape index (κ1) is 20.1. The second-order valence-electron chi connectivity index (χ2n) is 7.25. The van der Waals surface area contributed by atoms with E-state index in [0.717, 1.165) is 10.7 Å². The van der Waals surface area contributed by atoms with Crippen LogP contribution in [0.5, 0.6) is 0 Å². The quantitative estimate of drug-likeness (QED) is 0.634. The number of amides is 1. The number of aromatic amines is 1. The van der Waals surface area contributed by atoms with E-state index in [1.807, 2.05) is 6.92 Å². The lowest BCUT2D eigenvalue weighted by atomic mass is 10.1. The van der Waals surface area contributed by atoms with Crippen molar-refractivity contribution in [3.63, 3.8) is 0 Å². The van der Waals surface area contributed by atoms with Crippen LogP contribution in [0.15, 0.2) is 33.9 Å². The van der Waals surface area contributed by atoms with E-state index >= 15 is 0 Å². The van der Waals surface area contributed by atoms with Crippen molar-refractivity contribution in [2.24, 2.45) is 7.05 Å². The first-order chi connectivity index (χ1) is 14.2. The Bertz CT molecular complexity index is 1380. The Kier molecular flexibility index (Phi) is 4.85. The van der Waals surface area contributed by atoms with Gasteiger partial charge in [0.2, 0.25) is 10.0 Å². The fourth-order valence-corrected chi connectivity index (χ4v) is 5.11. The Morgan fingerprint density at radius 3 is 2.63 bits per heavy atom. The lowest BCUT2D eigenvalue weighted by molar-refractivity contribution is 0.0846. The number of fused-ring (bicyclic) bond motifs is 2. The molecule has 1 amide bonds. The minimum absolute atomic E-state index is 0.156. The number of carbonyl (C=O) groups excluding carboxylic acids is 1. The van der Waals surface area contributed by atoms with E-state index in [1.165, 1.54) is 9.13 Å². The van der Waals surface area contributed by atoms with Crippen molar-refractivity contribution >= 4 is 27.1 Å². The summed E-state index contributed by atoms with van der Waals surface area (Å²) in [7, 11) is -2.35. The molecule has 0 radical (unpaired) electrons. The largest absolute Gasteiger partial charge is 0.330 e. The van der Waals surface area contributed by atoms with Gasteiger partial charge in [0, 0.05) is 19.2 Å². The summed E-state index contributed by atoms with van der Waals surface area (Å²) >= 11 is 0. The molecular formula is C19H21N5O5S. The smallest absolute Gasteiger partial charge is 0.324 e. The van der Waals surface area contributed by atoms with Crippen molar-refractivity contribution in [1.82, 2.24) is 23.4 Å². The molecule has 0 saturated heterocycles. The molecule has 1 N–H and O–H groups in total. The maximum Gasteiger partial charge on any atom is 0.330 e. The van der Waals surface area contributed by atoms with E-state index in [1.54, 1.807) is 31.3 Å². The van der Waals surface area contributed by atoms with E-state index in [0.29, 0.717) is 24.1 Å². The molecule has 1 aliphatic heterocycles. The van der Waals surface area contributed by atoms with Crippen LogP contribution in [0.1, 0.15) is 41.5 Å². The van der Waals surface area contributed by atoms with Crippen molar-refractivity contribution in [3.05, 3.63) is 62.1 Å². The Hall–Kier alpha value is -3.21. The Labute approximate surface area is 171 Å². The van der Waals surface area contributed by atoms with E-state index in [4.69, 9.17) is 0 Å². The topological polar surface area (TPSA) is 127 Å². The van der Waals surface area contributed by atoms with Gasteiger partial charge in [0.15, 0.2) is 11.2 Å². The standard InChI is InChI=1S/C19H21N5O5S/c1-3-4-9-23-16-15(17(25)21-19(23)27)22(2)14(20-16)10-24-18(26)13-8-6-5-7-12(13)11-30(24,28)29/h5-8H,3-4,9-11H2,1-2H3,(H,21,25,27). The molecule has 0 atom stereocenters. The zero-order valence-electron chi connectivity index (χ0n) is 16.6. The molecule has 0 saturated carbocycles. The van der Waals surface area contributed by atoms with E-state index in [-0.39, 0.29) is 29.3 Å². The SMILES string of the molecule is CCCCn1c(=O)[nH]c(=O)c2c1nc(CN1C(=O)c3ccccc3CS1(=O)=O)n2C. The zero-order valence-corrected chi connectivity index (χ0v) is 17.4. The molecule has 0 fully saturated rings. The van der Waals surface area contributed by atoms with Crippen LogP contribution in [0.4, 0.5) is 0 Å². The van der Waals surface area contributed by atoms with Gasteiger partial charge in [-0.25, -0.2) is 22.5 Å². The van der Waals surface area contributed by atoms with Gasteiger partial charge < -0.3 is 4.57 Å². The summed E-state index contributed by atoms with van der Waals surface area (Å²) in [5.41, 5.74) is -0.0688. The third-order valence-corrected chi connectivity index (χ3v) is 6.92. The predicted octanol–water partition coefficient (Wildman–Crippen LogP) is 0.709. The Balaban J connectivity index is 1.82. The van der Waals surface area contributed by atoms with Crippen molar-refractivity contribution in [2.75, 3.05) is 0 Å². The summed E-state index contributed by atoms with van der Waals surface area (Å²) in [6, 6.07) is 6.56. The molecule has 0 spiro atoms. The fraction of sp³-hybridized carbons (Fsp3) is 0.368. The molecule has 0 aliphatic carbocycles. The summed E-state index contributed by atoms with van der Waals surface area (Å²) in [5.74, 6) is -0.732. The van der Waals surface area contributed by atoms with Gasteiger partial charge in [0.1, 0.15) is 5.82 Å². The first-order valence-electron chi connectivity index (χ1n) is 9.55. The van der Waals surface area contributed by atoms with Crippen LogP contribution < -0.4 is 11.2 Å². The first-order valence-corrected chi connectivity index (χ1v) is 11.2. The van der Waals surface area contributed by atoms with Crippen LogP contribution >= 0.6 is 0 Å². The van der Waals surface area contributed by atoms with Crippen LogP contribution in [-0.4, -0.2) is 37.7 Å². The molecule has 4 rings (SSSR count). The van der Waals surface area contributed by atoms with E-state index < -0.39 is 27.2 Å². The molecule has 158 valence electrons. The van der Waals surface area contributed by atoms with Crippen molar-refractivity contribution in [2.45, 2.75) is 38.6 Å². The molecule has 2 aromatic heterocycles. The van der Waals surface area contributed by atoms with Gasteiger partial charge in [-0.15, -0.1) is 0 Å². The third kappa shape index (κ3) is 3.15. The minimum atomic E-state index is -3.91. The molecule has 11 heteroatoms. The maximum atomic E-state index is 12.9. The second kappa shape index (κ2) is 7.24. The zero-order chi connectivity index (χ0) is 21.6. The third-order valence-electron chi connectivity index (χ3n) is 5.27. The number of sulfonamides is 1. The summed E-state index contributed by atoms with van der Waals surface area (Å²) < 4.78 is 29.1. The highest BCUT2D eigenvalue weighted by molar-refractivity contribution is 7.89. The molecule has 1 aliphatic rings. The molecule has 3 heterocycles. The average molecular weight is 431 g/mol. The number of benzene rings is 1. The number of imidazole rings is 1. The maximum absolute atomic E-state index is 12.9. The highest BCUT2D eigenvalue weighted by atomic mass is 32.2. The van der Waals surface area contributed by atoms with Gasteiger partial charge in [-0.1, -0.05) is 31.5 Å². The highest BCUT2D eigenvalue weighted by Gasteiger charge is 2.36. The molecule has 1 aromatic carbocycles. The van der Waals surface area contributed by atoms with Crippen molar-refractivity contribution < 1.29 is 13.2 Å². The molecule has 0 unspecified atom stereocenters. The number of nitrogens with zero attached hydrogens (tertiary/aromatic N) is 4. The number of hydrogen-bond donors (Lipinski definition) is 1. The van der Waals surface area contributed by atoms with Gasteiger partial charge in [-0.05, 0) is 18.1 Å². The van der Waals surface area contributed by atoms with Crippen molar-refractivity contribution in [1.29, 1.82) is 0 Å². The van der Waals surface area contributed by atoms with Gasteiger partial charge in [0.05, 0.1) is 12.3 Å². The summed E-state index contributed by atoms with van der Waals surface area (Å²) in [5, 5.41) is 0. The Morgan fingerprint density at radius 1 is 1.17 bits per heavy atom. The molecular weight excluding hydrogens is 410 g/mol. The Morgan fingerprint density at radius 2 is 1.90 bits per heavy atom. The second-order valence-corrected chi connectivity index (χ2v) is 9.14. The number of carbonyl (C=O) groups is 1. The number of unbranched alkanes of at least 4 members (excludes halogenated alkanes) is 1. The number of hydrogen-bond acceptors (Lipinski definition) is 6. The number of rotatable bonds is 5. The number of aryl methyl sites for hydroxylation is 2. The van der Waals surface area contributed by atoms with Crippen LogP contribution in [0.25, 0.3) is 11.2 Å². The highest BCUT2D eigenvalue weighted by Crippen LogP contribution is 2.26. The van der Waals surface area contributed by atoms with Crippen molar-refractivity contribution in [3.8, 4) is 0 Å². The summed E-state index contributed by atoms with van der Waals surface area (Å²) in [4.78, 5) is 44.2. The monoisotopic (exact) mass is 431 g/mol. The van der Waals surface area contributed by atoms with Crippen LogP contribution in [0, 0.1) is 0 Å². The number of aromatic nitrogens is 4. The molecule has 30 heavy (non-hydrogen) atoms. The van der Waals surface area contributed by atoms with Gasteiger partial charge in [0.25, 0.3) is 11.5 Å². The lowest BCUT2D eigenvalue weighted by Gasteiger charge is -2.27. The summed E-state index contributed by atoms with van der Waals surface area (Å²) in [6.45, 7) is 2.01. The fourth-order valence-electron chi connectivity index (χ4n) is 3.64. The van der Waals surface area contributed by atoms with E-state index in [9.17, 15) is 22.8 Å². The normalized spacial score (nSPS) is 15.5. The van der Waals surface area contributed by atoms with Crippen LogP contribution in [-0.2, 0) is 35.9 Å². The minimum Gasteiger partial charge on any atom is -0.324 e. The van der Waals surface area contributed by atoms with Gasteiger partial charge in [-0.3, -0.25) is 19.1 Å². The van der Waals surface area contributed by atoms with E-state index in [2.05, 4.69) is 9.97 Å². The molecule has 3 aromatic rings. The van der Waals surface area contributed by atoms with Crippen LogP contribution in [0.2, 0.25) is 0 Å². The number of nitrogens with one attached hydrogen (secondary N) is 1. The summed E-state index contributed by atoms with van der Waals surface area (Å²) in [6.07, 6.45) is 1.55. The number of H-pyrrole nitrogens is 1. The average Bonchev–Trinajstić information content (AvgIpc) is 3.01.